The average molecular weight is 214 g/mol. The van der Waals surface area contributed by atoms with Crippen LogP contribution in [0, 0.1) is 0 Å². The molecule has 1 atom stereocenters. The molecule has 1 N–H and O–H groups in total. The lowest BCUT2D eigenvalue weighted by Crippen LogP contribution is -2.27. The van der Waals surface area contributed by atoms with E-state index in [1.807, 2.05) is 12.3 Å². The second-order valence-electron chi connectivity index (χ2n) is 4.16. The topological polar surface area (TPSA) is 50.7 Å². The zero-order valence-corrected chi connectivity index (χ0v) is 9.06. The molecular formula is C12H14N4. The van der Waals surface area contributed by atoms with Crippen LogP contribution in [0.3, 0.4) is 0 Å². The third-order valence-corrected chi connectivity index (χ3v) is 3.03. The summed E-state index contributed by atoms with van der Waals surface area (Å²) >= 11 is 0. The van der Waals surface area contributed by atoms with Gasteiger partial charge in [-0.05, 0) is 25.5 Å². The fourth-order valence-electron chi connectivity index (χ4n) is 2.15. The van der Waals surface area contributed by atoms with Crippen molar-refractivity contribution in [2.45, 2.75) is 25.3 Å². The Morgan fingerprint density at radius 2 is 2.19 bits per heavy atom. The van der Waals surface area contributed by atoms with Crippen LogP contribution < -0.4 is 5.32 Å². The summed E-state index contributed by atoms with van der Waals surface area (Å²) in [4.78, 5) is 13.1. The predicted octanol–water partition coefficient (Wildman–Crippen LogP) is 1.84. The molecule has 0 radical (unpaired) electrons. The highest BCUT2D eigenvalue weighted by Crippen LogP contribution is 2.21. The lowest BCUT2D eigenvalue weighted by molar-refractivity contribution is 0.405. The van der Waals surface area contributed by atoms with E-state index >= 15 is 0 Å². The van der Waals surface area contributed by atoms with Crippen LogP contribution in [-0.2, 0) is 0 Å². The second-order valence-corrected chi connectivity index (χ2v) is 4.16. The maximum absolute atomic E-state index is 4.61. The quantitative estimate of drug-likeness (QED) is 0.787. The molecular weight excluding hydrogens is 200 g/mol. The van der Waals surface area contributed by atoms with Gasteiger partial charge in [-0.2, -0.15) is 0 Å². The summed E-state index contributed by atoms with van der Waals surface area (Å²) in [6.45, 7) is 1.08. The van der Waals surface area contributed by atoms with E-state index in [4.69, 9.17) is 0 Å². The first-order chi connectivity index (χ1) is 7.93. The molecule has 1 unspecified atom stereocenters. The number of pyridine rings is 1. The summed E-state index contributed by atoms with van der Waals surface area (Å²) in [5.74, 6) is 0. The molecule has 16 heavy (non-hydrogen) atoms. The van der Waals surface area contributed by atoms with E-state index in [1.165, 1.54) is 12.8 Å². The zero-order valence-electron chi connectivity index (χ0n) is 9.06. The van der Waals surface area contributed by atoms with Gasteiger partial charge in [0, 0.05) is 6.20 Å². The van der Waals surface area contributed by atoms with Crippen molar-refractivity contribution >= 4 is 11.0 Å². The van der Waals surface area contributed by atoms with Crippen LogP contribution in [0.5, 0.6) is 0 Å². The molecule has 82 valence electrons. The number of piperidine rings is 1. The molecule has 2 aromatic heterocycles. The number of nitrogens with one attached hydrogen (secondary N) is 1. The molecule has 1 saturated heterocycles. The number of aromatic nitrogens is 3. The fourth-order valence-corrected chi connectivity index (χ4v) is 2.15. The van der Waals surface area contributed by atoms with Gasteiger partial charge in [-0.15, -0.1) is 0 Å². The SMILES string of the molecule is c1cc2ncc(C3CCCCN3)nc2cn1. The first-order valence-corrected chi connectivity index (χ1v) is 5.73. The Labute approximate surface area is 94.1 Å². The first kappa shape index (κ1) is 9.66. The van der Waals surface area contributed by atoms with Gasteiger partial charge in [0.05, 0.1) is 29.6 Å². The van der Waals surface area contributed by atoms with Gasteiger partial charge in [0.1, 0.15) is 5.52 Å². The highest BCUT2D eigenvalue weighted by atomic mass is 15.0. The minimum atomic E-state index is 0.367. The molecule has 3 heterocycles. The van der Waals surface area contributed by atoms with E-state index < -0.39 is 0 Å². The van der Waals surface area contributed by atoms with Crippen molar-refractivity contribution in [3.63, 3.8) is 0 Å². The Balaban J connectivity index is 1.97. The maximum Gasteiger partial charge on any atom is 0.107 e. The number of hydrogen-bond acceptors (Lipinski definition) is 4. The maximum atomic E-state index is 4.61. The third-order valence-electron chi connectivity index (χ3n) is 3.03. The van der Waals surface area contributed by atoms with Gasteiger partial charge >= 0.3 is 0 Å². The Morgan fingerprint density at radius 1 is 1.19 bits per heavy atom. The van der Waals surface area contributed by atoms with Crippen LogP contribution in [0.15, 0.2) is 24.7 Å². The molecule has 2 aromatic rings. The van der Waals surface area contributed by atoms with E-state index in [-0.39, 0.29) is 0 Å². The number of rotatable bonds is 1. The molecule has 0 saturated carbocycles. The van der Waals surface area contributed by atoms with Crippen LogP contribution in [0.4, 0.5) is 0 Å². The lowest BCUT2D eigenvalue weighted by Gasteiger charge is -2.22. The summed E-state index contributed by atoms with van der Waals surface area (Å²) in [5.41, 5.74) is 2.84. The van der Waals surface area contributed by atoms with Crippen molar-refractivity contribution in [3.8, 4) is 0 Å². The molecule has 1 fully saturated rings. The number of nitrogens with zero attached hydrogens (tertiary/aromatic N) is 3. The highest BCUT2D eigenvalue weighted by Gasteiger charge is 2.16. The monoisotopic (exact) mass is 214 g/mol. The Hall–Kier alpha value is -1.55. The molecule has 0 amide bonds. The molecule has 3 rings (SSSR count). The third kappa shape index (κ3) is 1.76. The van der Waals surface area contributed by atoms with Crippen LogP contribution >= 0.6 is 0 Å². The Bertz CT molecular complexity index is 491. The van der Waals surface area contributed by atoms with Gasteiger partial charge in [-0.25, -0.2) is 4.98 Å². The van der Waals surface area contributed by atoms with Gasteiger partial charge in [0.15, 0.2) is 0 Å². The number of fused-ring (bicyclic) bond motifs is 1. The van der Waals surface area contributed by atoms with Gasteiger partial charge in [-0.3, -0.25) is 9.97 Å². The average Bonchev–Trinajstić information content (AvgIpc) is 2.39. The Morgan fingerprint density at radius 3 is 3.06 bits per heavy atom. The molecule has 1 aliphatic rings. The fraction of sp³-hybridized carbons (Fsp3) is 0.417. The molecule has 4 heteroatoms. The summed E-state index contributed by atoms with van der Waals surface area (Å²) in [6, 6.07) is 2.26. The zero-order chi connectivity index (χ0) is 10.8. The van der Waals surface area contributed by atoms with Crippen molar-refractivity contribution in [1.29, 1.82) is 0 Å². The van der Waals surface area contributed by atoms with Gasteiger partial charge in [0.2, 0.25) is 0 Å². The summed E-state index contributed by atoms with van der Waals surface area (Å²) in [5, 5.41) is 3.48. The summed E-state index contributed by atoms with van der Waals surface area (Å²) in [6.07, 6.45) is 9.08. The normalized spacial score (nSPS) is 21.1. The van der Waals surface area contributed by atoms with Crippen molar-refractivity contribution in [2.75, 3.05) is 6.54 Å². The summed E-state index contributed by atoms with van der Waals surface area (Å²) < 4.78 is 0. The molecule has 0 aromatic carbocycles. The lowest BCUT2D eigenvalue weighted by atomic mass is 10.0. The Kier molecular flexibility index (Phi) is 2.50. The summed E-state index contributed by atoms with van der Waals surface area (Å²) in [7, 11) is 0. The second kappa shape index (κ2) is 4.14. The molecule has 0 bridgehead atoms. The van der Waals surface area contributed by atoms with Crippen LogP contribution in [-0.4, -0.2) is 21.5 Å². The van der Waals surface area contributed by atoms with Crippen LogP contribution in [0.1, 0.15) is 31.0 Å². The van der Waals surface area contributed by atoms with Crippen LogP contribution in [0.2, 0.25) is 0 Å². The van der Waals surface area contributed by atoms with Gasteiger partial charge in [0.25, 0.3) is 0 Å². The van der Waals surface area contributed by atoms with Gasteiger partial charge in [-0.1, -0.05) is 6.42 Å². The standard InChI is InChI=1S/C12H14N4/c1-2-5-14-9(3-1)12-8-15-10-4-6-13-7-11(10)16-12/h4,6-9,14H,1-3,5H2. The van der Waals surface area contributed by atoms with E-state index in [2.05, 4.69) is 20.3 Å². The molecule has 0 aliphatic carbocycles. The van der Waals surface area contributed by atoms with Crippen molar-refractivity contribution in [1.82, 2.24) is 20.3 Å². The molecule has 4 nitrogen and oxygen atoms in total. The van der Waals surface area contributed by atoms with Crippen molar-refractivity contribution < 1.29 is 0 Å². The molecule has 1 aliphatic heterocycles. The van der Waals surface area contributed by atoms with E-state index in [9.17, 15) is 0 Å². The number of hydrogen-bond donors (Lipinski definition) is 1. The minimum Gasteiger partial charge on any atom is -0.309 e. The first-order valence-electron chi connectivity index (χ1n) is 5.73. The van der Waals surface area contributed by atoms with Crippen molar-refractivity contribution in [3.05, 3.63) is 30.4 Å². The highest BCUT2D eigenvalue weighted by molar-refractivity contribution is 5.72. The predicted molar refractivity (Wildman–Crippen MR) is 61.9 cm³/mol. The van der Waals surface area contributed by atoms with Crippen LogP contribution in [0.25, 0.3) is 11.0 Å². The van der Waals surface area contributed by atoms with E-state index in [0.717, 1.165) is 29.7 Å². The largest absolute Gasteiger partial charge is 0.309 e. The van der Waals surface area contributed by atoms with Gasteiger partial charge < -0.3 is 5.32 Å². The van der Waals surface area contributed by atoms with Crippen molar-refractivity contribution in [2.24, 2.45) is 0 Å². The van der Waals surface area contributed by atoms with E-state index in [1.54, 1.807) is 12.4 Å². The minimum absolute atomic E-state index is 0.367. The smallest absolute Gasteiger partial charge is 0.107 e. The van der Waals surface area contributed by atoms with E-state index in [0.29, 0.717) is 6.04 Å². The molecule has 0 spiro atoms.